The standard InChI is InChI=1S/C89H62N4Si2/c1-7-31-61(32-8-1)63-35-27-45-69(59-63)95(68-43-17-6-18-44-68,70-46-28-36-64(60-70)62-33-9-2-10-34-62)82-58-30-53-77-83-73-49-19-20-50-74(73)86(85(77)82)84-76(83)52-29-54-78(84)88-90-87(91-89(92-88)93-79-55-24-21-47-71(79)72-48-22-25-56-80(72)93)75-51-23-26-57-81(75)94(65-37-11-3-12-38-65,66-39-13-4-14-40-66)67-41-15-5-16-42-67/h1-60,83,86H. The molecule has 0 saturated carbocycles. The van der Waals surface area contributed by atoms with E-state index >= 15 is 0 Å². The van der Waals surface area contributed by atoms with Gasteiger partial charge in [-0.15, -0.1) is 0 Å². The highest BCUT2D eigenvalue weighted by atomic mass is 28.3. The molecule has 0 aliphatic heterocycles. The van der Waals surface area contributed by atoms with Crippen LogP contribution in [0.5, 0.6) is 0 Å². The molecule has 3 aliphatic carbocycles. The minimum atomic E-state index is -3.38. The Kier molecular flexibility index (Phi) is 13.7. The van der Waals surface area contributed by atoms with E-state index in [4.69, 9.17) is 15.0 Å². The Morgan fingerprint density at radius 1 is 0.242 bits per heavy atom. The molecule has 0 saturated heterocycles. The molecule has 446 valence electrons. The molecular weight excluding hydrogens is 1180 g/mol. The lowest BCUT2D eigenvalue weighted by atomic mass is 9.60. The smallest absolute Gasteiger partial charge is 0.238 e. The Morgan fingerprint density at radius 3 is 1.12 bits per heavy atom. The topological polar surface area (TPSA) is 43.6 Å². The Labute approximate surface area is 555 Å². The molecule has 95 heavy (non-hydrogen) atoms. The van der Waals surface area contributed by atoms with E-state index in [9.17, 15) is 0 Å². The van der Waals surface area contributed by atoms with Gasteiger partial charge in [-0.3, -0.25) is 4.57 Å². The molecule has 16 aromatic rings. The zero-order valence-corrected chi connectivity index (χ0v) is 54.1. The summed E-state index contributed by atoms with van der Waals surface area (Å²) in [5.41, 5.74) is 16.7. The number of hydrogen-bond donors (Lipinski definition) is 0. The summed E-state index contributed by atoms with van der Waals surface area (Å²) in [6, 6.07) is 136. The highest BCUT2D eigenvalue weighted by Gasteiger charge is 2.51. The van der Waals surface area contributed by atoms with E-state index in [1.165, 1.54) is 97.1 Å². The van der Waals surface area contributed by atoms with Crippen LogP contribution in [0.25, 0.3) is 72.8 Å². The maximum absolute atomic E-state index is 5.99. The van der Waals surface area contributed by atoms with Gasteiger partial charge in [0, 0.05) is 33.7 Å². The average Bonchev–Trinajstić information content (AvgIpc) is 1.67. The minimum Gasteiger partial charge on any atom is -0.278 e. The number of rotatable bonds is 13. The van der Waals surface area contributed by atoms with Crippen molar-refractivity contribution >= 4 is 79.4 Å². The molecule has 0 fully saturated rings. The van der Waals surface area contributed by atoms with Gasteiger partial charge in [-0.25, -0.2) is 4.98 Å². The van der Waals surface area contributed by atoms with Crippen LogP contribution in [-0.4, -0.2) is 35.7 Å². The van der Waals surface area contributed by atoms with Crippen molar-refractivity contribution < 1.29 is 0 Å². The van der Waals surface area contributed by atoms with Crippen LogP contribution in [-0.2, 0) is 0 Å². The lowest BCUT2D eigenvalue weighted by molar-refractivity contribution is 0.758. The summed E-state index contributed by atoms with van der Waals surface area (Å²) in [5.74, 6) is 1.52. The molecule has 6 heteroatoms. The van der Waals surface area contributed by atoms with Gasteiger partial charge in [0.2, 0.25) is 5.95 Å². The van der Waals surface area contributed by atoms with E-state index in [2.05, 4.69) is 369 Å². The molecule has 2 heterocycles. The van der Waals surface area contributed by atoms with Crippen LogP contribution >= 0.6 is 0 Å². The first-order chi connectivity index (χ1) is 47.2. The molecule has 3 aliphatic rings. The van der Waals surface area contributed by atoms with E-state index < -0.39 is 16.1 Å². The lowest BCUT2D eigenvalue weighted by Gasteiger charge is -2.46. The third kappa shape index (κ3) is 8.90. The fourth-order valence-electron chi connectivity index (χ4n) is 16.5. The summed E-state index contributed by atoms with van der Waals surface area (Å²) in [6.45, 7) is 0. The van der Waals surface area contributed by atoms with Crippen molar-refractivity contribution in [1.29, 1.82) is 0 Å². The Morgan fingerprint density at radius 2 is 0.589 bits per heavy atom. The third-order valence-electron chi connectivity index (χ3n) is 20.4. The maximum atomic E-state index is 5.99. The van der Waals surface area contributed by atoms with Crippen LogP contribution < -0.4 is 41.5 Å². The molecular formula is C89H62N4Si2. The van der Waals surface area contributed by atoms with Gasteiger partial charge in [0.25, 0.3) is 0 Å². The summed E-state index contributed by atoms with van der Waals surface area (Å²) in [4.78, 5) is 17.7. The number of benzene rings is 14. The molecule has 0 spiro atoms. The number of hydrogen-bond acceptors (Lipinski definition) is 3. The first-order valence-corrected chi connectivity index (χ1v) is 36.9. The maximum Gasteiger partial charge on any atom is 0.238 e. The van der Waals surface area contributed by atoms with Crippen molar-refractivity contribution in [1.82, 2.24) is 19.5 Å². The SMILES string of the molecule is c1ccc(-c2cccc([Si](c3ccccc3)(c3cccc(-c4ccccc4)c3)c3cccc4c3C3c5ccccc5C4c4cccc(-c5nc(-c6ccccc6[Si](c6ccccc6)(c6ccccc6)c6ccccc6)nc(-n6c7ccccc7c7ccccc76)n5)c43)c2)cc1. The molecule has 2 atom stereocenters. The van der Waals surface area contributed by atoms with Crippen LogP contribution in [0.2, 0.25) is 0 Å². The number of fused-ring (bicyclic) bond motifs is 3. The zero-order chi connectivity index (χ0) is 62.9. The van der Waals surface area contributed by atoms with Crippen LogP contribution in [0.1, 0.15) is 45.2 Å². The van der Waals surface area contributed by atoms with Crippen molar-refractivity contribution in [2.24, 2.45) is 0 Å². The van der Waals surface area contributed by atoms with E-state index in [1.807, 2.05) is 0 Å². The van der Waals surface area contributed by atoms with Crippen LogP contribution in [0, 0.1) is 0 Å². The zero-order valence-electron chi connectivity index (χ0n) is 52.1. The van der Waals surface area contributed by atoms with Gasteiger partial charge < -0.3 is 0 Å². The molecule has 2 unspecified atom stereocenters. The Bertz CT molecular complexity index is 5330. The van der Waals surface area contributed by atoms with Crippen LogP contribution in [0.4, 0.5) is 0 Å². The second-order valence-electron chi connectivity index (χ2n) is 25.2. The van der Waals surface area contributed by atoms with E-state index in [0.717, 1.165) is 32.9 Å². The second kappa shape index (κ2) is 23.2. The minimum absolute atomic E-state index is 0.0806. The van der Waals surface area contributed by atoms with Crippen LogP contribution in [0.3, 0.4) is 0 Å². The van der Waals surface area contributed by atoms with Crippen molar-refractivity contribution in [3.8, 4) is 51.0 Å². The van der Waals surface area contributed by atoms with E-state index in [0.29, 0.717) is 17.6 Å². The fraction of sp³-hybridized carbons (Fsp3) is 0.0225. The van der Waals surface area contributed by atoms with Gasteiger partial charge in [0.05, 0.1) is 11.0 Å². The van der Waals surface area contributed by atoms with Crippen molar-refractivity contribution in [2.45, 2.75) is 11.8 Å². The first kappa shape index (κ1) is 56.1. The number of para-hydroxylation sites is 2. The number of nitrogens with zero attached hydrogens (tertiary/aromatic N) is 4. The molecule has 4 nitrogen and oxygen atoms in total. The van der Waals surface area contributed by atoms with Crippen molar-refractivity contribution in [2.75, 3.05) is 0 Å². The van der Waals surface area contributed by atoms with E-state index in [1.54, 1.807) is 0 Å². The lowest BCUT2D eigenvalue weighted by Crippen LogP contribution is -2.75. The summed E-state index contributed by atoms with van der Waals surface area (Å²) in [6.07, 6.45) is 0. The third-order valence-corrected chi connectivity index (χ3v) is 30.0. The normalized spacial score (nSPS) is 13.9. The second-order valence-corrected chi connectivity index (χ2v) is 32.7. The summed E-state index contributed by atoms with van der Waals surface area (Å²) < 4.78 is 2.27. The molecule has 2 aromatic heterocycles. The molecule has 19 rings (SSSR count). The first-order valence-electron chi connectivity index (χ1n) is 32.9. The predicted molar refractivity (Wildman–Crippen MR) is 398 cm³/mol. The summed E-state index contributed by atoms with van der Waals surface area (Å²) >= 11 is 0. The predicted octanol–water partition coefficient (Wildman–Crippen LogP) is 15.4. The van der Waals surface area contributed by atoms with Crippen molar-refractivity contribution in [3.63, 3.8) is 0 Å². The van der Waals surface area contributed by atoms with Gasteiger partial charge in [-0.05, 0) is 109 Å². The van der Waals surface area contributed by atoms with Gasteiger partial charge in [0.15, 0.2) is 27.8 Å². The van der Waals surface area contributed by atoms with E-state index in [-0.39, 0.29) is 11.8 Å². The highest BCUT2D eigenvalue weighted by molar-refractivity contribution is 7.21. The highest BCUT2D eigenvalue weighted by Crippen LogP contribution is 2.57. The van der Waals surface area contributed by atoms with Gasteiger partial charge in [-0.2, -0.15) is 9.97 Å². The monoisotopic (exact) mass is 1240 g/mol. The summed E-state index contributed by atoms with van der Waals surface area (Å²) in [7, 11) is -6.55. The average molecular weight is 1240 g/mol. The Hall–Kier alpha value is -11.7. The molecule has 0 radical (unpaired) electrons. The van der Waals surface area contributed by atoms with Gasteiger partial charge >= 0.3 is 0 Å². The molecule has 2 bridgehead atoms. The largest absolute Gasteiger partial charge is 0.278 e. The van der Waals surface area contributed by atoms with Crippen LogP contribution in [0.15, 0.2) is 364 Å². The molecule has 0 N–H and O–H groups in total. The van der Waals surface area contributed by atoms with Gasteiger partial charge in [-0.1, -0.05) is 352 Å². The Balaban J connectivity index is 0.935. The summed E-state index contributed by atoms with van der Waals surface area (Å²) in [5, 5.41) is 12.7. The van der Waals surface area contributed by atoms with Gasteiger partial charge in [0.1, 0.15) is 0 Å². The molecule has 0 amide bonds. The molecule has 14 aromatic carbocycles. The number of aromatic nitrogens is 4. The van der Waals surface area contributed by atoms with Crippen molar-refractivity contribution in [3.05, 3.63) is 397 Å². The fourth-order valence-corrected chi connectivity index (χ4v) is 26.5. The quantitative estimate of drug-likeness (QED) is 0.0853.